The second-order valence-corrected chi connectivity index (χ2v) is 11.0. The van der Waals surface area contributed by atoms with Crippen LogP contribution in [0.3, 0.4) is 0 Å². The number of hydrogen-bond acceptors (Lipinski definition) is 7. The van der Waals surface area contributed by atoms with Gasteiger partial charge in [0.25, 0.3) is 5.91 Å². The summed E-state index contributed by atoms with van der Waals surface area (Å²) >= 11 is 2.91. The Morgan fingerprint density at radius 2 is 1.69 bits per heavy atom. The number of thioether (sulfide) groups is 1. The van der Waals surface area contributed by atoms with Gasteiger partial charge in [-0.2, -0.15) is 0 Å². The zero-order valence-corrected chi connectivity index (χ0v) is 21.2. The van der Waals surface area contributed by atoms with E-state index in [0.717, 1.165) is 26.8 Å². The maximum Gasteiger partial charge on any atom is 0.297 e. The average Bonchev–Trinajstić information content (AvgIpc) is 3.47. The molecule has 0 saturated heterocycles. The van der Waals surface area contributed by atoms with Gasteiger partial charge in [0.1, 0.15) is 5.58 Å². The number of amides is 1. The molecule has 0 N–H and O–H groups in total. The molecule has 1 amide bonds. The number of fused-ring (bicyclic) bond motifs is 2. The molecule has 0 spiro atoms. The van der Waals surface area contributed by atoms with Crippen LogP contribution in [0.5, 0.6) is 0 Å². The molecule has 8 heteroatoms. The molecule has 0 aliphatic carbocycles. The summed E-state index contributed by atoms with van der Waals surface area (Å²) in [5.74, 6) is 0.428. The summed E-state index contributed by atoms with van der Waals surface area (Å²) in [7, 11) is 0. The molecule has 3 heterocycles. The molecule has 0 fully saturated rings. The molecule has 0 bridgehead atoms. The van der Waals surface area contributed by atoms with Crippen molar-refractivity contribution in [2.24, 2.45) is 0 Å². The highest BCUT2D eigenvalue weighted by atomic mass is 32.2. The highest BCUT2D eigenvalue weighted by Gasteiger charge is 2.45. The maximum absolute atomic E-state index is 13.7. The number of hydrogen-bond donors (Lipinski definition) is 0. The molecule has 6 rings (SSSR count). The lowest BCUT2D eigenvalue weighted by Crippen LogP contribution is -2.29. The van der Waals surface area contributed by atoms with Crippen LogP contribution in [0.1, 0.15) is 44.4 Å². The molecule has 1 unspecified atom stereocenters. The number of anilines is 1. The fourth-order valence-corrected chi connectivity index (χ4v) is 6.25. The molecule has 1 aliphatic rings. The predicted octanol–water partition coefficient (Wildman–Crippen LogP) is 6.30. The second-order valence-electron chi connectivity index (χ2n) is 8.79. The minimum atomic E-state index is -0.644. The third-order valence-corrected chi connectivity index (χ3v) is 8.35. The summed E-state index contributed by atoms with van der Waals surface area (Å²) < 4.78 is 6.80. The SMILES string of the molecule is Cc1ccc(C2c3c(oc4ccc(C)cc4c3=O)C(=O)N2c2nnc(SCc3ccccc3)s2)cc1. The van der Waals surface area contributed by atoms with Crippen LogP contribution < -0.4 is 10.3 Å². The molecule has 178 valence electrons. The van der Waals surface area contributed by atoms with E-state index in [1.54, 1.807) is 22.7 Å². The Labute approximate surface area is 215 Å². The van der Waals surface area contributed by atoms with Crippen LogP contribution in [0.15, 0.2) is 86.3 Å². The van der Waals surface area contributed by atoms with Crippen molar-refractivity contribution in [3.63, 3.8) is 0 Å². The number of carbonyl (C=O) groups is 1. The third kappa shape index (κ3) is 3.92. The Balaban J connectivity index is 1.45. The van der Waals surface area contributed by atoms with Crippen LogP contribution in [0.2, 0.25) is 0 Å². The number of benzene rings is 3. The summed E-state index contributed by atoms with van der Waals surface area (Å²) in [4.78, 5) is 29.0. The van der Waals surface area contributed by atoms with Gasteiger partial charge in [-0.1, -0.05) is 94.9 Å². The molecule has 5 aromatic rings. The van der Waals surface area contributed by atoms with Crippen molar-refractivity contribution >= 4 is 45.1 Å². The van der Waals surface area contributed by atoms with E-state index in [1.807, 2.05) is 68.4 Å². The fourth-order valence-electron chi connectivity index (χ4n) is 4.43. The van der Waals surface area contributed by atoms with Crippen molar-refractivity contribution < 1.29 is 9.21 Å². The Bertz CT molecular complexity index is 1660. The first-order chi connectivity index (χ1) is 17.5. The lowest BCUT2D eigenvalue weighted by molar-refractivity contribution is 0.0970. The third-order valence-electron chi connectivity index (χ3n) is 6.23. The molecule has 2 aromatic heterocycles. The number of aromatic nitrogens is 2. The van der Waals surface area contributed by atoms with E-state index < -0.39 is 6.04 Å². The number of rotatable bonds is 5. The zero-order valence-electron chi connectivity index (χ0n) is 19.6. The first-order valence-electron chi connectivity index (χ1n) is 11.5. The molecule has 1 aliphatic heterocycles. The Kier molecular flexibility index (Phi) is 5.70. The second kappa shape index (κ2) is 9.04. The summed E-state index contributed by atoms with van der Waals surface area (Å²) in [6, 6.07) is 22.7. The summed E-state index contributed by atoms with van der Waals surface area (Å²) in [6.07, 6.45) is 0. The Morgan fingerprint density at radius 1 is 0.944 bits per heavy atom. The van der Waals surface area contributed by atoms with Crippen LogP contribution in [0.4, 0.5) is 5.13 Å². The Hall–Kier alpha value is -3.75. The molecule has 3 aromatic carbocycles. The maximum atomic E-state index is 13.7. The van der Waals surface area contributed by atoms with Crippen LogP contribution in [0.25, 0.3) is 11.0 Å². The van der Waals surface area contributed by atoms with Gasteiger partial charge in [-0.05, 0) is 37.1 Å². The van der Waals surface area contributed by atoms with Crippen molar-refractivity contribution in [3.8, 4) is 0 Å². The van der Waals surface area contributed by atoms with Gasteiger partial charge in [-0.3, -0.25) is 14.5 Å². The highest BCUT2D eigenvalue weighted by Crippen LogP contribution is 2.43. The van der Waals surface area contributed by atoms with Gasteiger partial charge in [-0.15, -0.1) is 10.2 Å². The van der Waals surface area contributed by atoms with Crippen LogP contribution in [-0.2, 0) is 5.75 Å². The van der Waals surface area contributed by atoms with E-state index in [9.17, 15) is 9.59 Å². The number of aryl methyl sites for hydroxylation is 2. The number of carbonyl (C=O) groups excluding carboxylic acids is 1. The van der Waals surface area contributed by atoms with Crippen molar-refractivity contribution in [1.82, 2.24) is 10.2 Å². The quantitative estimate of drug-likeness (QED) is 0.203. The van der Waals surface area contributed by atoms with Gasteiger partial charge >= 0.3 is 0 Å². The lowest BCUT2D eigenvalue weighted by atomic mass is 9.97. The molecule has 0 saturated carbocycles. The van der Waals surface area contributed by atoms with Crippen LogP contribution >= 0.6 is 23.1 Å². The van der Waals surface area contributed by atoms with E-state index in [1.165, 1.54) is 16.9 Å². The van der Waals surface area contributed by atoms with E-state index in [0.29, 0.717) is 21.7 Å². The first-order valence-corrected chi connectivity index (χ1v) is 13.3. The monoisotopic (exact) mass is 511 g/mol. The average molecular weight is 512 g/mol. The molecular formula is C28H21N3O3S2. The van der Waals surface area contributed by atoms with E-state index in [2.05, 4.69) is 22.3 Å². The van der Waals surface area contributed by atoms with Gasteiger partial charge in [-0.25, -0.2) is 0 Å². The predicted molar refractivity (Wildman–Crippen MR) is 143 cm³/mol. The van der Waals surface area contributed by atoms with E-state index >= 15 is 0 Å². The number of nitrogens with zero attached hydrogens (tertiary/aromatic N) is 3. The van der Waals surface area contributed by atoms with Gasteiger partial charge in [0.15, 0.2) is 9.77 Å². The van der Waals surface area contributed by atoms with Gasteiger partial charge in [0, 0.05) is 5.75 Å². The molecule has 36 heavy (non-hydrogen) atoms. The van der Waals surface area contributed by atoms with Crippen LogP contribution in [-0.4, -0.2) is 16.1 Å². The highest BCUT2D eigenvalue weighted by molar-refractivity contribution is 8.00. The van der Waals surface area contributed by atoms with Crippen molar-refractivity contribution in [3.05, 3.63) is 117 Å². The summed E-state index contributed by atoms with van der Waals surface area (Å²) in [6.45, 7) is 3.93. The normalized spacial score (nSPS) is 15.0. The molecule has 0 radical (unpaired) electrons. The molecule has 1 atom stereocenters. The van der Waals surface area contributed by atoms with Crippen molar-refractivity contribution in [2.75, 3.05) is 4.90 Å². The van der Waals surface area contributed by atoms with Crippen molar-refractivity contribution in [2.45, 2.75) is 30.0 Å². The van der Waals surface area contributed by atoms with E-state index in [4.69, 9.17) is 4.42 Å². The zero-order chi connectivity index (χ0) is 24.8. The first kappa shape index (κ1) is 22.7. The summed E-state index contributed by atoms with van der Waals surface area (Å²) in [5, 5.41) is 9.60. The van der Waals surface area contributed by atoms with Crippen molar-refractivity contribution in [1.29, 1.82) is 0 Å². The fraction of sp³-hybridized carbons (Fsp3) is 0.143. The largest absolute Gasteiger partial charge is 0.450 e. The van der Waals surface area contributed by atoms with E-state index in [-0.39, 0.29) is 17.1 Å². The standard InChI is InChI=1S/C28H21N3O3S2/c1-16-8-11-19(12-9-16)23-22-24(32)20-14-17(2)10-13-21(20)34-25(22)26(33)31(23)27-29-30-28(36-27)35-15-18-6-4-3-5-7-18/h3-14,23H,15H2,1-2H3. The lowest BCUT2D eigenvalue weighted by Gasteiger charge is -2.22. The Morgan fingerprint density at radius 3 is 2.47 bits per heavy atom. The smallest absolute Gasteiger partial charge is 0.297 e. The molecule has 6 nitrogen and oxygen atoms in total. The topological polar surface area (TPSA) is 76.3 Å². The van der Waals surface area contributed by atoms with Gasteiger partial charge < -0.3 is 4.42 Å². The summed E-state index contributed by atoms with van der Waals surface area (Å²) in [5.41, 5.74) is 4.59. The molecular weight excluding hydrogens is 490 g/mol. The van der Waals surface area contributed by atoms with Gasteiger partial charge in [0.05, 0.1) is 17.0 Å². The van der Waals surface area contributed by atoms with Crippen LogP contribution in [0, 0.1) is 13.8 Å². The minimum absolute atomic E-state index is 0.0654. The van der Waals surface area contributed by atoms with Gasteiger partial charge in [0.2, 0.25) is 10.9 Å². The minimum Gasteiger partial charge on any atom is -0.450 e.